The first-order valence-corrected chi connectivity index (χ1v) is 3.06. The molecule has 0 spiro atoms. The Morgan fingerprint density at radius 3 is 2.90 bits per heavy atom. The van der Waals surface area contributed by atoms with E-state index in [-0.39, 0.29) is 0 Å². The molecule has 0 bridgehead atoms. The largest absolute Gasteiger partial charge is 0.264 e. The van der Waals surface area contributed by atoms with Gasteiger partial charge in [-0.2, -0.15) is 0 Å². The van der Waals surface area contributed by atoms with Gasteiger partial charge in [-0.25, -0.2) is 0 Å². The van der Waals surface area contributed by atoms with E-state index in [0.717, 1.165) is 10.4 Å². The zero-order valence-electron chi connectivity index (χ0n) is 5.75. The first-order chi connectivity index (χ1) is 4.84. The quantitative estimate of drug-likeness (QED) is 0.539. The Balaban J connectivity index is 3.43. The first kappa shape index (κ1) is 6.75. The van der Waals surface area contributed by atoms with E-state index in [1.54, 1.807) is 18.5 Å². The van der Waals surface area contributed by atoms with Gasteiger partial charge in [0, 0.05) is 12.4 Å². The number of aromatic nitrogens is 1. The van der Waals surface area contributed by atoms with E-state index < -0.39 is 0 Å². The highest BCUT2D eigenvalue weighted by atomic mass is 14.6. The van der Waals surface area contributed by atoms with Gasteiger partial charge in [0.15, 0.2) is 0 Å². The molecule has 1 aromatic heterocycles. The van der Waals surface area contributed by atoms with Crippen molar-refractivity contribution >= 4 is 12.7 Å². The molecule has 1 heterocycles. The van der Waals surface area contributed by atoms with Gasteiger partial charge in [-0.15, -0.1) is 0 Å². The molecule has 0 aromatic carbocycles. The lowest BCUT2D eigenvalue weighted by atomic mass is 10.3. The van der Waals surface area contributed by atoms with E-state index in [9.17, 15) is 0 Å². The van der Waals surface area contributed by atoms with Crippen LogP contribution in [0.5, 0.6) is 0 Å². The summed E-state index contributed by atoms with van der Waals surface area (Å²) < 4.78 is 0. The van der Waals surface area contributed by atoms with Crippen LogP contribution in [-0.4, -0.2) is 4.98 Å². The third-order valence-corrected chi connectivity index (χ3v) is 1.24. The highest BCUT2D eigenvalue weighted by Gasteiger charge is 1.76. The Labute approximate surface area is 60.0 Å². The molecule has 0 fully saturated rings. The van der Waals surface area contributed by atoms with E-state index in [0.29, 0.717) is 0 Å². The van der Waals surface area contributed by atoms with Crippen LogP contribution < -0.4 is 10.4 Å². The fourth-order valence-electron chi connectivity index (χ4n) is 0.713. The fraction of sp³-hybridized carbons (Fsp3) is 0. The summed E-state index contributed by atoms with van der Waals surface area (Å²) >= 11 is 0. The van der Waals surface area contributed by atoms with Crippen LogP contribution >= 0.6 is 0 Å². The molecule has 1 nitrogen and oxygen atoms in total. The Hall–Kier alpha value is -1.37. The third-order valence-electron chi connectivity index (χ3n) is 1.24. The van der Waals surface area contributed by atoms with E-state index >= 15 is 0 Å². The van der Waals surface area contributed by atoms with Crippen molar-refractivity contribution < 1.29 is 0 Å². The van der Waals surface area contributed by atoms with Gasteiger partial charge in [-0.1, -0.05) is 25.3 Å². The minimum absolute atomic E-state index is 0.981. The normalized spacial score (nSPS) is 11.4. The number of hydrogen-bond donors (Lipinski definition) is 0. The Bertz CT molecular complexity index is 325. The molecular weight excluding hydrogens is 122 g/mol. The number of hydrogen-bond acceptors (Lipinski definition) is 1. The molecule has 10 heavy (non-hydrogen) atoms. The molecule has 1 rings (SSSR count). The summed E-state index contributed by atoms with van der Waals surface area (Å²) in [7, 11) is 0. The zero-order valence-corrected chi connectivity index (χ0v) is 5.75. The predicted octanol–water partition coefficient (Wildman–Crippen LogP) is 0.458. The summed E-state index contributed by atoms with van der Waals surface area (Å²) in [5.41, 5.74) is 0. The highest BCUT2D eigenvalue weighted by Crippen LogP contribution is 1.64. The Kier molecular flexibility index (Phi) is 2.00. The molecule has 0 radical (unpaired) electrons. The molecule has 0 aliphatic heterocycles. The van der Waals surface area contributed by atoms with E-state index in [4.69, 9.17) is 0 Å². The summed E-state index contributed by atoms with van der Waals surface area (Å²) in [4.78, 5) is 3.95. The van der Waals surface area contributed by atoms with Gasteiger partial charge in [0.25, 0.3) is 0 Å². The van der Waals surface area contributed by atoms with Gasteiger partial charge in [0.1, 0.15) is 0 Å². The minimum Gasteiger partial charge on any atom is -0.264 e. The predicted molar refractivity (Wildman–Crippen MR) is 43.7 cm³/mol. The second-order valence-corrected chi connectivity index (χ2v) is 1.98. The van der Waals surface area contributed by atoms with E-state index in [2.05, 4.69) is 18.1 Å². The number of pyridine rings is 1. The lowest BCUT2D eigenvalue weighted by Gasteiger charge is -1.83. The number of rotatable bonds is 1. The average Bonchev–Trinajstić information content (AvgIpc) is 1.94. The molecule has 0 unspecified atom stereocenters. The lowest BCUT2D eigenvalue weighted by molar-refractivity contribution is 1.28. The van der Waals surface area contributed by atoms with Crippen molar-refractivity contribution in [2.45, 2.75) is 0 Å². The molecule has 0 aliphatic rings. The summed E-state index contributed by atoms with van der Waals surface area (Å²) in [6, 6.07) is 1.87. The lowest BCUT2D eigenvalue weighted by Crippen LogP contribution is -2.22. The topological polar surface area (TPSA) is 12.9 Å². The number of nitrogens with zero attached hydrogens (tertiary/aromatic N) is 1. The second-order valence-electron chi connectivity index (χ2n) is 1.98. The standard InChI is InChI=1S/C9H9N/c1-3-4-9-7-10-6-5-8(9)2/h3-7H,1-2H2/b9-4-. The van der Waals surface area contributed by atoms with Crippen molar-refractivity contribution in [3.8, 4) is 0 Å². The summed E-state index contributed by atoms with van der Waals surface area (Å²) in [6.07, 6.45) is 7.10. The molecular formula is C9H9N. The van der Waals surface area contributed by atoms with Crippen LogP contribution in [0.3, 0.4) is 0 Å². The molecule has 0 aliphatic carbocycles. The second kappa shape index (κ2) is 2.97. The van der Waals surface area contributed by atoms with Crippen molar-refractivity contribution in [3.05, 3.63) is 41.6 Å². The van der Waals surface area contributed by atoms with E-state index in [1.807, 2.05) is 12.1 Å². The molecule has 0 saturated heterocycles. The first-order valence-electron chi connectivity index (χ1n) is 3.06. The maximum Gasteiger partial charge on any atom is 0.0346 e. The Morgan fingerprint density at radius 1 is 1.50 bits per heavy atom. The SMILES string of the molecule is C=C/C=c1/cnccc1=C. The molecule has 0 N–H and O–H groups in total. The van der Waals surface area contributed by atoms with Crippen molar-refractivity contribution in [3.63, 3.8) is 0 Å². The third kappa shape index (κ3) is 1.32. The highest BCUT2D eigenvalue weighted by molar-refractivity contribution is 5.34. The van der Waals surface area contributed by atoms with Crippen molar-refractivity contribution in [2.24, 2.45) is 0 Å². The van der Waals surface area contributed by atoms with Crippen LogP contribution in [0.2, 0.25) is 0 Å². The van der Waals surface area contributed by atoms with Gasteiger partial charge < -0.3 is 0 Å². The molecule has 1 heteroatoms. The monoisotopic (exact) mass is 131 g/mol. The molecule has 1 aromatic rings. The summed E-state index contributed by atoms with van der Waals surface area (Å²) in [5.74, 6) is 0. The average molecular weight is 131 g/mol. The van der Waals surface area contributed by atoms with Crippen LogP contribution in [0.4, 0.5) is 0 Å². The van der Waals surface area contributed by atoms with Gasteiger partial charge in [0.05, 0.1) is 0 Å². The minimum atomic E-state index is 0.981. The summed E-state index contributed by atoms with van der Waals surface area (Å²) in [6.45, 7) is 7.41. The summed E-state index contributed by atoms with van der Waals surface area (Å²) in [5, 5.41) is 2.01. The van der Waals surface area contributed by atoms with Crippen LogP contribution in [0.25, 0.3) is 12.7 Å². The van der Waals surface area contributed by atoms with Crippen LogP contribution in [-0.2, 0) is 0 Å². The molecule has 0 amide bonds. The molecule has 50 valence electrons. The molecule has 0 atom stereocenters. The van der Waals surface area contributed by atoms with Crippen LogP contribution in [0.1, 0.15) is 0 Å². The maximum absolute atomic E-state index is 3.95. The van der Waals surface area contributed by atoms with Gasteiger partial charge in [0.2, 0.25) is 0 Å². The smallest absolute Gasteiger partial charge is 0.0346 e. The molecule has 0 saturated carbocycles. The van der Waals surface area contributed by atoms with Gasteiger partial charge in [-0.05, 0) is 16.5 Å². The fourth-order valence-corrected chi connectivity index (χ4v) is 0.713. The van der Waals surface area contributed by atoms with E-state index in [1.165, 1.54) is 0 Å². The van der Waals surface area contributed by atoms with Crippen molar-refractivity contribution in [1.29, 1.82) is 0 Å². The van der Waals surface area contributed by atoms with Crippen LogP contribution in [0.15, 0.2) is 31.1 Å². The van der Waals surface area contributed by atoms with Crippen molar-refractivity contribution in [1.82, 2.24) is 4.98 Å². The zero-order chi connectivity index (χ0) is 7.40. The van der Waals surface area contributed by atoms with Gasteiger partial charge >= 0.3 is 0 Å². The van der Waals surface area contributed by atoms with Gasteiger partial charge in [-0.3, -0.25) is 4.98 Å². The maximum atomic E-state index is 3.95. The van der Waals surface area contributed by atoms with Crippen LogP contribution in [0, 0.1) is 0 Å². The Morgan fingerprint density at radius 2 is 2.30 bits per heavy atom. The number of allylic oxidation sites excluding steroid dienone is 1. The van der Waals surface area contributed by atoms with Crippen molar-refractivity contribution in [2.75, 3.05) is 0 Å².